The number of aliphatic imine (C=N–C) groups is 1. The number of hydrogen-bond donors (Lipinski definition) is 1. The minimum absolute atomic E-state index is 0.0141. The number of thioether (sulfide) groups is 1. The highest BCUT2D eigenvalue weighted by atomic mass is 32.2. The fourth-order valence-corrected chi connectivity index (χ4v) is 4.20. The number of carbonyl (C=O) groups excluding carboxylic acids is 1. The number of benzene rings is 1. The van der Waals surface area contributed by atoms with Crippen molar-refractivity contribution in [1.29, 1.82) is 0 Å². The Kier molecular flexibility index (Phi) is 9.80. The molecule has 1 aromatic carbocycles. The second kappa shape index (κ2) is 12.1. The molecule has 2 aromatic rings. The molecule has 0 saturated heterocycles. The van der Waals surface area contributed by atoms with Gasteiger partial charge in [0.25, 0.3) is 0 Å². The van der Waals surface area contributed by atoms with Crippen molar-refractivity contribution in [2.75, 3.05) is 39.5 Å². The quantitative estimate of drug-likeness (QED) is 0.297. The third-order valence-electron chi connectivity index (χ3n) is 4.09. The molecule has 2 N–H and O–H groups in total. The summed E-state index contributed by atoms with van der Waals surface area (Å²) in [7, 11) is 3.67. The van der Waals surface area contributed by atoms with Crippen LogP contribution in [0.15, 0.2) is 58.1 Å². The van der Waals surface area contributed by atoms with Crippen LogP contribution < -0.4 is 5.73 Å². The van der Waals surface area contributed by atoms with E-state index in [1.165, 1.54) is 11.3 Å². The number of esters is 1. The van der Waals surface area contributed by atoms with Crippen molar-refractivity contribution in [2.45, 2.75) is 18.0 Å². The summed E-state index contributed by atoms with van der Waals surface area (Å²) in [5.74, 6) is 0.312. The number of hydrogen-bond acceptors (Lipinski definition) is 7. The number of carbonyl (C=O) groups is 1. The normalized spacial score (nSPS) is 13.0. The van der Waals surface area contributed by atoms with E-state index in [-0.39, 0.29) is 12.3 Å². The zero-order valence-electron chi connectivity index (χ0n) is 18.1. The van der Waals surface area contributed by atoms with E-state index in [0.717, 1.165) is 27.2 Å². The van der Waals surface area contributed by atoms with Crippen LogP contribution in [0.25, 0.3) is 10.4 Å². The number of halogens is 3. The third-order valence-corrected chi connectivity index (χ3v) is 6.12. The fourth-order valence-electron chi connectivity index (χ4n) is 2.50. The Balaban J connectivity index is 2.28. The number of alkyl halides is 3. The Morgan fingerprint density at radius 2 is 2.03 bits per heavy atom. The molecule has 0 atom stereocenters. The average Bonchev–Trinajstić information content (AvgIpc) is 3.20. The van der Waals surface area contributed by atoms with E-state index in [0.29, 0.717) is 11.4 Å². The average molecular weight is 486 g/mol. The van der Waals surface area contributed by atoms with Crippen LogP contribution in [0.4, 0.5) is 13.2 Å². The van der Waals surface area contributed by atoms with Crippen LogP contribution in [0.1, 0.15) is 11.8 Å². The van der Waals surface area contributed by atoms with Crippen LogP contribution in [0.3, 0.4) is 0 Å². The van der Waals surface area contributed by atoms with Gasteiger partial charge in [0.1, 0.15) is 18.8 Å². The predicted octanol–water partition coefficient (Wildman–Crippen LogP) is 4.83. The first-order valence-electron chi connectivity index (χ1n) is 9.82. The molecule has 1 heterocycles. The second-order valence-corrected chi connectivity index (χ2v) is 9.37. The molecule has 10 heteroatoms. The third kappa shape index (κ3) is 8.33. The monoisotopic (exact) mass is 485 g/mol. The standard InChI is InChI=1S/C22H26F3N3O2S2/c1-4-31-16-7-5-6-15(12-16)18-8-9-19(32-18)17(13-20(26)22(23,24)25)27-14-21(29)30-11-10-28(2)3/h5-9,12-13H,4,10-11,14,26H2,1-3H3. The molecular weight excluding hydrogens is 459 g/mol. The Morgan fingerprint density at radius 1 is 1.28 bits per heavy atom. The van der Waals surface area contributed by atoms with Gasteiger partial charge in [0.15, 0.2) is 0 Å². The molecule has 5 nitrogen and oxygen atoms in total. The summed E-state index contributed by atoms with van der Waals surface area (Å²) in [6.45, 7) is 2.37. The number of thiophene rings is 1. The summed E-state index contributed by atoms with van der Waals surface area (Å²) in [6.07, 6.45) is -3.94. The number of likely N-dealkylation sites (N-methyl/N-ethyl adjacent to an activating group) is 1. The molecule has 0 aliphatic carbocycles. The molecule has 0 spiro atoms. The molecule has 0 aliphatic rings. The second-order valence-electron chi connectivity index (χ2n) is 6.95. The van der Waals surface area contributed by atoms with Crippen molar-refractivity contribution < 1.29 is 22.7 Å². The van der Waals surface area contributed by atoms with E-state index in [1.54, 1.807) is 17.8 Å². The first-order valence-corrected chi connectivity index (χ1v) is 11.6. The van der Waals surface area contributed by atoms with Gasteiger partial charge in [0.05, 0.1) is 10.6 Å². The SMILES string of the molecule is CCSc1cccc(-c2ccc(C(C=C(N)C(F)(F)F)=NCC(=O)OCCN(C)C)s2)c1. The minimum atomic E-state index is -4.70. The molecule has 0 radical (unpaired) electrons. The Hall–Kier alpha value is -2.30. The zero-order chi connectivity index (χ0) is 23.7. The van der Waals surface area contributed by atoms with Gasteiger partial charge < -0.3 is 15.4 Å². The fraction of sp³-hybridized carbons (Fsp3) is 0.364. The van der Waals surface area contributed by atoms with E-state index in [2.05, 4.69) is 11.9 Å². The summed E-state index contributed by atoms with van der Waals surface area (Å²) in [6, 6.07) is 11.4. The molecule has 174 valence electrons. The predicted molar refractivity (Wildman–Crippen MR) is 125 cm³/mol. The maximum absolute atomic E-state index is 13.0. The lowest BCUT2D eigenvalue weighted by Gasteiger charge is -2.09. The van der Waals surface area contributed by atoms with Gasteiger partial charge in [0, 0.05) is 16.3 Å². The van der Waals surface area contributed by atoms with E-state index in [1.807, 2.05) is 49.3 Å². The molecule has 0 bridgehead atoms. The number of rotatable bonds is 10. The lowest BCUT2D eigenvalue weighted by Crippen LogP contribution is -2.22. The van der Waals surface area contributed by atoms with Crippen LogP contribution in [0, 0.1) is 0 Å². The van der Waals surface area contributed by atoms with Crippen molar-refractivity contribution in [1.82, 2.24) is 4.90 Å². The summed E-state index contributed by atoms with van der Waals surface area (Å²) in [4.78, 5) is 20.3. The number of nitrogens with zero attached hydrogens (tertiary/aromatic N) is 2. The minimum Gasteiger partial charge on any atom is -0.463 e. The van der Waals surface area contributed by atoms with Crippen molar-refractivity contribution in [3.8, 4) is 10.4 Å². The highest BCUT2D eigenvalue weighted by Crippen LogP contribution is 2.32. The summed E-state index contributed by atoms with van der Waals surface area (Å²) >= 11 is 2.98. The van der Waals surface area contributed by atoms with E-state index in [9.17, 15) is 18.0 Å². The first kappa shape index (κ1) is 26.0. The van der Waals surface area contributed by atoms with Crippen molar-refractivity contribution in [3.05, 3.63) is 53.0 Å². The Bertz CT molecular complexity index is 969. The summed E-state index contributed by atoms with van der Waals surface area (Å²) in [5, 5.41) is 0. The lowest BCUT2D eigenvalue weighted by molar-refractivity contribution is -0.142. The van der Waals surface area contributed by atoms with Crippen molar-refractivity contribution in [3.63, 3.8) is 0 Å². The summed E-state index contributed by atoms with van der Waals surface area (Å²) in [5.41, 5.74) is 4.87. The maximum Gasteiger partial charge on any atom is 0.430 e. The van der Waals surface area contributed by atoms with Gasteiger partial charge in [0.2, 0.25) is 0 Å². The zero-order valence-corrected chi connectivity index (χ0v) is 19.7. The Morgan fingerprint density at radius 3 is 2.69 bits per heavy atom. The number of allylic oxidation sites excluding steroid dienone is 2. The molecule has 0 amide bonds. The molecule has 32 heavy (non-hydrogen) atoms. The molecule has 0 saturated carbocycles. The van der Waals surface area contributed by atoms with Crippen LogP contribution in [-0.4, -0.2) is 62.3 Å². The number of nitrogens with two attached hydrogens (primary N) is 1. The number of ether oxygens (including phenoxy) is 1. The van der Waals surface area contributed by atoms with Crippen molar-refractivity contribution in [2.24, 2.45) is 10.7 Å². The molecule has 1 aromatic heterocycles. The van der Waals surface area contributed by atoms with Crippen LogP contribution >= 0.6 is 23.1 Å². The van der Waals surface area contributed by atoms with Gasteiger partial charge in [-0.05, 0) is 55.8 Å². The molecular formula is C22H26F3N3O2S2. The summed E-state index contributed by atoms with van der Waals surface area (Å²) < 4.78 is 44.1. The van der Waals surface area contributed by atoms with Gasteiger partial charge in [-0.15, -0.1) is 23.1 Å². The Labute approximate surface area is 194 Å². The van der Waals surface area contributed by atoms with Gasteiger partial charge >= 0.3 is 12.1 Å². The van der Waals surface area contributed by atoms with Gasteiger partial charge in [-0.1, -0.05) is 19.1 Å². The van der Waals surface area contributed by atoms with E-state index < -0.39 is 24.4 Å². The first-order chi connectivity index (χ1) is 15.1. The van der Waals surface area contributed by atoms with Gasteiger partial charge in [-0.3, -0.25) is 9.79 Å². The van der Waals surface area contributed by atoms with Gasteiger partial charge in [-0.25, -0.2) is 0 Å². The molecule has 0 unspecified atom stereocenters. The molecule has 0 aliphatic heterocycles. The van der Waals surface area contributed by atoms with Gasteiger partial charge in [-0.2, -0.15) is 13.2 Å². The highest BCUT2D eigenvalue weighted by Gasteiger charge is 2.32. The van der Waals surface area contributed by atoms with E-state index in [4.69, 9.17) is 10.5 Å². The topological polar surface area (TPSA) is 67.9 Å². The lowest BCUT2D eigenvalue weighted by atomic mass is 10.2. The largest absolute Gasteiger partial charge is 0.463 e. The maximum atomic E-state index is 13.0. The smallest absolute Gasteiger partial charge is 0.430 e. The van der Waals surface area contributed by atoms with Crippen LogP contribution in [0.2, 0.25) is 0 Å². The van der Waals surface area contributed by atoms with Crippen LogP contribution in [0.5, 0.6) is 0 Å². The molecule has 0 fully saturated rings. The van der Waals surface area contributed by atoms with E-state index >= 15 is 0 Å². The van der Waals surface area contributed by atoms with Crippen molar-refractivity contribution >= 4 is 34.8 Å². The van der Waals surface area contributed by atoms with Crippen LogP contribution in [-0.2, 0) is 9.53 Å². The molecule has 2 rings (SSSR count). The highest BCUT2D eigenvalue weighted by molar-refractivity contribution is 7.99.